The van der Waals surface area contributed by atoms with Crippen molar-refractivity contribution in [2.24, 2.45) is 16.8 Å². The van der Waals surface area contributed by atoms with Gasteiger partial charge in [0.15, 0.2) is 0 Å². The Morgan fingerprint density at radius 3 is 3.13 bits per heavy atom. The Hall–Kier alpha value is -1.07. The highest BCUT2D eigenvalue weighted by atomic mass is 32.2. The number of hydrogen-bond acceptors (Lipinski definition) is 4. The van der Waals surface area contributed by atoms with Gasteiger partial charge in [-0.05, 0) is 37.7 Å². The molecule has 0 aromatic carbocycles. The molecule has 1 saturated heterocycles. The number of thioether (sulfide) groups is 1. The summed E-state index contributed by atoms with van der Waals surface area (Å²) in [4.78, 5) is 17.5. The standard InChI is InChI=1S/C18H24N2O2S/c21-15-6-2-1-5-14(15)20-17(22)12-11-23-18-9-4-3-7-16(18)19-10-8-13(12)18/h3-4,7,10,12-15,21H,1-2,5-6,8-9,11H2,(H,20,22). The molecule has 4 nitrogen and oxygen atoms in total. The zero-order valence-electron chi connectivity index (χ0n) is 13.3. The van der Waals surface area contributed by atoms with Gasteiger partial charge in [-0.3, -0.25) is 9.79 Å². The lowest BCUT2D eigenvalue weighted by molar-refractivity contribution is -0.127. The van der Waals surface area contributed by atoms with Crippen molar-refractivity contribution in [3.8, 4) is 0 Å². The van der Waals surface area contributed by atoms with E-state index < -0.39 is 0 Å². The first-order chi connectivity index (χ1) is 11.2. The van der Waals surface area contributed by atoms with Crippen LogP contribution in [0.5, 0.6) is 0 Å². The van der Waals surface area contributed by atoms with Gasteiger partial charge >= 0.3 is 0 Å². The van der Waals surface area contributed by atoms with Crippen LogP contribution >= 0.6 is 11.8 Å². The lowest BCUT2D eigenvalue weighted by Crippen LogP contribution is -2.50. The first kappa shape index (κ1) is 15.5. The van der Waals surface area contributed by atoms with Gasteiger partial charge in [-0.2, -0.15) is 0 Å². The second kappa shape index (κ2) is 6.10. The predicted octanol–water partition coefficient (Wildman–Crippen LogP) is 2.44. The minimum atomic E-state index is -0.378. The Labute approximate surface area is 141 Å². The van der Waals surface area contributed by atoms with E-state index >= 15 is 0 Å². The lowest BCUT2D eigenvalue weighted by Gasteiger charge is -2.39. The van der Waals surface area contributed by atoms with Crippen LogP contribution in [-0.4, -0.2) is 39.9 Å². The van der Waals surface area contributed by atoms with Crippen molar-refractivity contribution < 1.29 is 9.90 Å². The molecule has 5 unspecified atom stereocenters. The smallest absolute Gasteiger partial charge is 0.224 e. The van der Waals surface area contributed by atoms with Crippen LogP contribution in [0.4, 0.5) is 0 Å². The Balaban J connectivity index is 1.50. The van der Waals surface area contributed by atoms with Gasteiger partial charge < -0.3 is 10.4 Å². The molecule has 23 heavy (non-hydrogen) atoms. The number of aliphatic hydroxyl groups is 1. The molecule has 5 heteroatoms. The molecule has 1 amide bonds. The normalized spacial score (nSPS) is 41.9. The van der Waals surface area contributed by atoms with E-state index in [1.807, 2.05) is 18.0 Å². The van der Waals surface area contributed by atoms with Crippen molar-refractivity contribution in [1.82, 2.24) is 5.32 Å². The number of carbonyl (C=O) groups excluding carboxylic acids is 1. The van der Waals surface area contributed by atoms with Crippen molar-refractivity contribution in [2.75, 3.05) is 5.75 Å². The van der Waals surface area contributed by atoms with Crippen molar-refractivity contribution in [1.29, 1.82) is 0 Å². The largest absolute Gasteiger partial charge is 0.391 e. The molecule has 0 aromatic rings. The molecule has 2 aliphatic carbocycles. The van der Waals surface area contributed by atoms with E-state index in [4.69, 9.17) is 0 Å². The zero-order valence-corrected chi connectivity index (χ0v) is 14.1. The number of aliphatic hydroxyl groups excluding tert-OH is 1. The van der Waals surface area contributed by atoms with E-state index in [0.717, 1.165) is 50.0 Å². The van der Waals surface area contributed by atoms with Gasteiger partial charge in [0, 0.05) is 12.0 Å². The molecular weight excluding hydrogens is 308 g/mol. The summed E-state index contributed by atoms with van der Waals surface area (Å²) in [5.74, 6) is 1.33. The van der Waals surface area contributed by atoms with E-state index in [1.165, 1.54) is 0 Å². The minimum absolute atomic E-state index is 0.00329. The number of rotatable bonds is 2. The molecular formula is C18H24N2O2S. The Morgan fingerprint density at radius 2 is 2.26 bits per heavy atom. The first-order valence-electron chi connectivity index (χ1n) is 8.73. The number of hydrogen-bond donors (Lipinski definition) is 2. The lowest BCUT2D eigenvalue weighted by atomic mass is 9.73. The van der Waals surface area contributed by atoms with Crippen LogP contribution in [0.3, 0.4) is 0 Å². The highest BCUT2D eigenvalue weighted by Gasteiger charge is 2.54. The molecule has 0 bridgehead atoms. The van der Waals surface area contributed by atoms with Crippen molar-refractivity contribution in [3.63, 3.8) is 0 Å². The molecule has 2 fully saturated rings. The van der Waals surface area contributed by atoms with Crippen molar-refractivity contribution in [2.45, 2.75) is 55.4 Å². The second-order valence-corrected chi connectivity index (χ2v) is 8.46. The van der Waals surface area contributed by atoms with Crippen LogP contribution in [0.2, 0.25) is 0 Å². The second-order valence-electron chi connectivity index (χ2n) is 7.11. The molecule has 0 radical (unpaired) electrons. The number of amides is 1. The van der Waals surface area contributed by atoms with Crippen LogP contribution in [0.1, 0.15) is 38.5 Å². The van der Waals surface area contributed by atoms with Gasteiger partial charge in [-0.15, -0.1) is 11.8 Å². The maximum absolute atomic E-state index is 12.9. The quantitative estimate of drug-likeness (QED) is 0.816. The van der Waals surface area contributed by atoms with Crippen molar-refractivity contribution >= 4 is 23.9 Å². The fourth-order valence-corrected chi connectivity index (χ4v) is 6.33. The molecule has 4 aliphatic rings. The molecule has 5 atom stereocenters. The van der Waals surface area contributed by atoms with Crippen molar-refractivity contribution in [3.05, 3.63) is 23.9 Å². The number of carbonyl (C=O) groups is 1. The minimum Gasteiger partial charge on any atom is -0.391 e. The average Bonchev–Trinajstić information content (AvgIpc) is 2.95. The third kappa shape index (κ3) is 2.58. The Kier molecular flexibility index (Phi) is 4.10. The molecule has 4 rings (SSSR count). The number of allylic oxidation sites excluding steroid dienone is 3. The molecule has 2 aliphatic heterocycles. The number of nitrogens with one attached hydrogen (secondary N) is 1. The molecule has 1 spiro atoms. The van der Waals surface area contributed by atoms with Gasteiger partial charge in [0.2, 0.25) is 5.91 Å². The molecule has 1 saturated carbocycles. The Bertz CT molecular complexity index is 586. The first-order valence-corrected chi connectivity index (χ1v) is 9.71. The summed E-state index contributed by atoms with van der Waals surface area (Å²) in [6.45, 7) is 0. The summed E-state index contributed by atoms with van der Waals surface area (Å²) in [5.41, 5.74) is 1.13. The third-order valence-corrected chi connectivity index (χ3v) is 7.55. The van der Waals surface area contributed by atoms with Gasteiger partial charge in [-0.1, -0.05) is 25.0 Å². The summed E-state index contributed by atoms with van der Waals surface area (Å²) in [7, 11) is 0. The fraction of sp³-hybridized carbons (Fsp3) is 0.667. The summed E-state index contributed by atoms with van der Waals surface area (Å²) >= 11 is 1.90. The predicted molar refractivity (Wildman–Crippen MR) is 93.5 cm³/mol. The maximum Gasteiger partial charge on any atom is 0.224 e. The fourth-order valence-electron chi connectivity index (χ4n) is 4.51. The summed E-state index contributed by atoms with van der Waals surface area (Å²) < 4.78 is -0.00329. The molecule has 2 heterocycles. The van der Waals surface area contributed by atoms with Gasteiger partial charge in [0.25, 0.3) is 0 Å². The van der Waals surface area contributed by atoms with Crippen LogP contribution in [0, 0.1) is 11.8 Å². The summed E-state index contributed by atoms with van der Waals surface area (Å²) in [6.07, 6.45) is 13.7. The van der Waals surface area contributed by atoms with E-state index in [0.29, 0.717) is 5.92 Å². The van der Waals surface area contributed by atoms with Crippen LogP contribution in [0.15, 0.2) is 28.9 Å². The highest BCUT2D eigenvalue weighted by Crippen LogP contribution is 2.57. The highest BCUT2D eigenvalue weighted by molar-refractivity contribution is 8.01. The van der Waals surface area contributed by atoms with E-state index in [-0.39, 0.29) is 28.7 Å². The number of nitrogens with zero attached hydrogens (tertiary/aromatic N) is 1. The van der Waals surface area contributed by atoms with Gasteiger partial charge in [0.1, 0.15) is 0 Å². The van der Waals surface area contributed by atoms with Gasteiger partial charge in [0.05, 0.1) is 28.5 Å². The maximum atomic E-state index is 12.9. The molecule has 124 valence electrons. The Morgan fingerprint density at radius 1 is 1.39 bits per heavy atom. The number of aliphatic imine (C=N–C) groups is 1. The van der Waals surface area contributed by atoms with Crippen LogP contribution < -0.4 is 5.32 Å². The molecule has 0 aromatic heterocycles. The van der Waals surface area contributed by atoms with Gasteiger partial charge in [-0.25, -0.2) is 0 Å². The van der Waals surface area contributed by atoms with Crippen LogP contribution in [-0.2, 0) is 4.79 Å². The van der Waals surface area contributed by atoms with E-state index in [9.17, 15) is 9.90 Å². The van der Waals surface area contributed by atoms with E-state index in [1.54, 1.807) is 0 Å². The van der Waals surface area contributed by atoms with E-state index in [2.05, 4.69) is 28.5 Å². The average molecular weight is 332 g/mol. The monoisotopic (exact) mass is 332 g/mol. The zero-order chi connectivity index (χ0) is 15.9. The van der Waals surface area contributed by atoms with Crippen LogP contribution in [0.25, 0.3) is 0 Å². The third-order valence-electron chi connectivity index (χ3n) is 5.83. The topological polar surface area (TPSA) is 61.7 Å². The summed E-state index contributed by atoms with van der Waals surface area (Å²) in [5, 5.41) is 13.3. The SMILES string of the molecule is O=C(NC1CCCCC1O)C1CSC23CC=CC=C2N=CCC13. The summed E-state index contributed by atoms with van der Waals surface area (Å²) in [6, 6.07) is -0.0590. The molecule has 2 N–H and O–H groups in total.